The molecular weight excluding hydrogens is 344 g/mol. The van der Waals surface area contributed by atoms with Crippen LogP contribution in [0.1, 0.15) is 48.9 Å². The summed E-state index contributed by atoms with van der Waals surface area (Å²) in [6.45, 7) is 6.92. The fraction of sp³-hybridized carbons (Fsp3) is 0.600. The van der Waals surface area contributed by atoms with E-state index in [9.17, 15) is 9.59 Å². The number of hydrogen-bond donors (Lipinski definition) is 4. The molecule has 1 amide bonds. The van der Waals surface area contributed by atoms with Crippen molar-refractivity contribution in [2.24, 2.45) is 0 Å². The first-order valence-corrected chi connectivity index (χ1v) is 9.71. The summed E-state index contributed by atoms with van der Waals surface area (Å²) in [6, 6.07) is 6.64. The highest BCUT2D eigenvalue weighted by Crippen LogP contribution is 2.28. The lowest BCUT2D eigenvalue weighted by Crippen LogP contribution is -2.57. The molecule has 2 aliphatic rings. The summed E-state index contributed by atoms with van der Waals surface area (Å²) in [5.41, 5.74) is 10.1. The van der Waals surface area contributed by atoms with Crippen LogP contribution in [0.15, 0.2) is 18.2 Å². The Morgan fingerprint density at radius 1 is 1.22 bits per heavy atom. The van der Waals surface area contributed by atoms with E-state index in [1.54, 1.807) is 0 Å². The number of nitrogens with zero attached hydrogens (tertiary/aromatic N) is 1. The molecule has 2 fully saturated rings. The fourth-order valence-corrected chi connectivity index (χ4v) is 4.13. The highest BCUT2D eigenvalue weighted by molar-refractivity contribution is 5.82. The number of aryl methyl sites for hydroxylation is 2. The van der Waals surface area contributed by atoms with Crippen LogP contribution in [-0.2, 0) is 9.59 Å². The lowest BCUT2D eigenvalue weighted by Gasteiger charge is -2.42. The van der Waals surface area contributed by atoms with Crippen molar-refractivity contribution in [2.75, 3.05) is 13.1 Å². The summed E-state index contributed by atoms with van der Waals surface area (Å²) in [4.78, 5) is 25.4. The largest absolute Gasteiger partial charge is 0.480 e. The van der Waals surface area contributed by atoms with Crippen LogP contribution < -0.4 is 16.2 Å². The zero-order chi connectivity index (χ0) is 19.6. The highest BCUT2D eigenvalue weighted by Gasteiger charge is 2.37. The van der Waals surface area contributed by atoms with Crippen LogP contribution in [0.2, 0.25) is 0 Å². The van der Waals surface area contributed by atoms with Crippen molar-refractivity contribution in [2.45, 2.75) is 64.2 Å². The molecular formula is C20H30N4O3. The molecule has 1 aromatic carbocycles. The van der Waals surface area contributed by atoms with Gasteiger partial charge in [0.05, 0.1) is 6.54 Å². The third kappa shape index (κ3) is 4.66. The monoisotopic (exact) mass is 374 g/mol. The van der Waals surface area contributed by atoms with E-state index < -0.39 is 5.97 Å². The molecule has 2 atom stereocenters. The van der Waals surface area contributed by atoms with Gasteiger partial charge in [-0.15, -0.1) is 0 Å². The number of carbonyl (C=O) groups excluding carboxylic acids is 1. The van der Waals surface area contributed by atoms with Gasteiger partial charge in [0.25, 0.3) is 0 Å². The summed E-state index contributed by atoms with van der Waals surface area (Å²) >= 11 is 0. The van der Waals surface area contributed by atoms with Crippen LogP contribution in [-0.4, -0.2) is 53.1 Å². The van der Waals surface area contributed by atoms with Crippen LogP contribution >= 0.6 is 0 Å². The molecule has 1 aliphatic carbocycles. The number of carboxylic acid groups (broad SMARTS) is 1. The highest BCUT2D eigenvalue weighted by atomic mass is 16.4. The number of carboxylic acids is 1. The Bertz CT molecular complexity index is 702. The Hall–Kier alpha value is -1.96. The lowest BCUT2D eigenvalue weighted by molar-refractivity contribution is -0.139. The van der Waals surface area contributed by atoms with Crippen LogP contribution in [0.5, 0.6) is 0 Å². The average molecular weight is 374 g/mol. The normalized spacial score (nSPS) is 27.4. The third-order valence-electron chi connectivity index (χ3n) is 5.74. The Balaban J connectivity index is 1.47. The Labute approximate surface area is 160 Å². The predicted molar refractivity (Wildman–Crippen MR) is 103 cm³/mol. The van der Waals surface area contributed by atoms with Crippen molar-refractivity contribution in [3.63, 3.8) is 0 Å². The van der Waals surface area contributed by atoms with Crippen LogP contribution in [0.4, 0.5) is 0 Å². The van der Waals surface area contributed by atoms with E-state index in [0.29, 0.717) is 13.0 Å². The molecule has 1 saturated heterocycles. The first-order chi connectivity index (χ1) is 12.9. The van der Waals surface area contributed by atoms with E-state index in [1.807, 2.05) is 11.8 Å². The molecule has 1 aliphatic heterocycles. The van der Waals surface area contributed by atoms with Crippen molar-refractivity contribution in [3.05, 3.63) is 34.9 Å². The molecule has 0 spiro atoms. The summed E-state index contributed by atoms with van der Waals surface area (Å²) < 4.78 is 0. The molecule has 148 valence electrons. The Morgan fingerprint density at radius 3 is 2.59 bits per heavy atom. The van der Waals surface area contributed by atoms with E-state index in [1.165, 1.54) is 16.7 Å². The SMILES string of the molecule is CCN(CC(=O)O)C1CC(NC(=O)C2CC(c3ccc(C)cc3C)NN2)C1. The number of likely N-dealkylation sites (N-methyl/N-ethyl adjacent to an activating group) is 1. The van der Waals surface area contributed by atoms with Crippen molar-refractivity contribution >= 4 is 11.9 Å². The van der Waals surface area contributed by atoms with E-state index in [4.69, 9.17) is 5.11 Å². The maximum absolute atomic E-state index is 12.6. The topological polar surface area (TPSA) is 93.7 Å². The second kappa shape index (κ2) is 8.37. The number of benzene rings is 1. The minimum Gasteiger partial charge on any atom is -0.480 e. The second-order valence-corrected chi connectivity index (χ2v) is 7.78. The van der Waals surface area contributed by atoms with Gasteiger partial charge in [0.15, 0.2) is 0 Å². The van der Waals surface area contributed by atoms with Crippen LogP contribution in [0.3, 0.4) is 0 Å². The quantitative estimate of drug-likeness (QED) is 0.574. The van der Waals surface area contributed by atoms with E-state index in [0.717, 1.165) is 12.8 Å². The summed E-state index contributed by atoms with van der Waals surface area (Å²) in [7, 11) is 0. The molecule has 3 rings (SSSR count). The standard InChI is InChI=1S/C20H30N4O3/c1-4-24(11-19(25)26)15-8-14(9-15)21-20(27)18-10-17(22-23-18)16-6-5-12(2)7-13(16)3/h5-7,14-15,17-18,22-23H,4,8-11H2,1-3H3,(H,21,27)(H,25,26). The molecule has 0 radical (unpaired) electrons. The maximum Gasteiger partial charge on any atom is 0.317 e. The van der Waals surface area contributed by atoms with Crippen LogP contribution in [0.25, 0.3) is 0 Å². The van der Waals surface area contributed by atoms with Gasteiger partial charge in [-0.05, 0) is 50.8 Å². The molecule has 4 N–H and O–H groups in total. The zero-order valence-electron chi connectivity index (χ0n) is 16.3. The van der Waals surface area contributed by atoms with Crippen molar-refractivity contribution in [3.8, 4) is 0 Å². The fourth-order valence-electron chi connectivity index (χ4n) is 4.13. The second-order valence-electron chi connectivity index (χ2n) is 7.78. The van der Waals surface area contributed by atoms with E-state index in [2.05, 4.69) is 48.2 Å². The number of nitrogens with one attached hydrogen (secondary N) is 3. The van der Waals surface area contributed by atoms with Gasteiger partial charge in [-0.3, -0.25) is 14.5 Å². The number of aliphatic carboxylic acids is 1. The molecule has 7 nitrogen and oxygen atoms in total. The third-order valence-corrected chi connectivity index (χ3v) is 5.74. The number of amides is 1. The number of carbonyl (C=O) groups is 2. The Kier molecular flexibility index (Phi) is 6.14. The number of hydrazine groups is 1. The van der Waals surface area contributed by atoms with Gasteiger partial charge in [0.2, 0.25) is 5.91 Å². The molecule has 7 heteroatoms. The van der Waals surface area contributed by atoms with Crippen molar-refractivity contribution in [1.29, 1.82) is 0 Å². The summed E-state index contributed by atoms with van der Waals surface area (Å²) in [6.07, 6.45) is 2.34. The van der Waals surface area contributed by atoms with Gasteiger partial charge in [-0.1, -0.05) is 30.7 Å². The number of hydrogen-bond acceptors (Lipinski definition) is 5. The first-order valence-electron chi connectivity index (χ1n) is 9.71. The Morgan fingerprint density at radius 2 is 1.96 bits per heavy atom. The first kappa shape index (κ1) is 19.8. The van der Waals surface area contributed by atoms with Crippen molar-refractivity contribution in [1.82, 2.24) is 21.1 Å². The molecule has 27 heavy (non-hydrogen) atoms. The minimum absolute atomic E-state index is 0.0134. The maximum atomic E-state index is 12.6. The van der Waals surface area contributed by atoms with Gasteiger partial charge < -0.3 is 10.4 Å². The van der Waals surface area contributed by atoms with Gasteiger partial charge in [-0.25, -0.2) is 10.9 Å². The van der Waals surface area contributed by atoms with Gasteiger partial charge >= 0.3 is 5.97 Å². The van der Waals surface area contributed by atoms with Gasteiger partial charge in [0, 0.05) is 18.1 Å². The van der Waals surface area contributed by atoms with Gasteiger partial charge in [-0.2, -0.15) is 0 Å². The smallest absolute Gasteiger partial charge is 0.317 e. The molecule has 1 aromatic rings. The number of rotatable bonds is 7. The molecule has 1 saturated carbocycles. The molecule has 0 aromatic heterocycles. The van der Waals surface area contributed by atoms with E-state index in [-0.39, 0.29) is 36.6 Å². The molecule has 0 bridgehead atoms. The summed E-state index contributed by atoms with van der Waals surface area (Å²) in [5.74, 6) is -0.789. The minimum atomic E-state index is -0.803. The molecule has 1 heterocycles. The van der Waals surface area contributed by atoms with Crippen LogP contribution in [0, 0.1) is 13.8 Å². The zero-order valence-corrected chi connectivity index (χ0v) is 16.3. The average Bonchev–Trinajstić information content (AvgIpc) is 3.05. The van der Waals surface area contributed by atoms with E-state index >= 15 is 0 Å². The predicted octanol–water partition coefficient (Wildman–Crippen LogP) is 1.26. The summed E-state index contributed by atoms with van der Waals surface area (Å²) in [5, 5.41) is 12.1. The van der Waals surface area contributed by atoms with Gasteiger partial charge in [0.1, 0.15) is 6.04 Å². The van der Waals surface area contributed by atoms with Crippen molar-refractivity contribution < 1.29 is 14.7 Å². The lowest BCUT2D eigenvalue weighted by atomic mass is 9.85. The molecule has 2 unspecified atom stereocenters.